The number of piperidine rings is 1. The van der Waals surface area contributed by atoms with Gasteiger partial charge in [0.2, 0.25) is 0 Å². The first-order chi connectivity index (χ1) is 13.5. The number of ether oxygens (including phenoxy) is 1. The summed E-state index contributed by atoms with van der Waals surface area (Å²) in [4.78, 5) is 42.5. The molecule has 2 aromatic rings. The van der Waals surface area contributed by atoms with Gasteiger partial charge in [0.25, 0.3) is 11.8 Å². The van der Waals surface area contributed by atoms with Gasteiger partial charge >= 0.3 is 5.97 Å². The molecule has 1 aromatic heterocycles. The van der Waals surface area contributed by atoms with E-state index in [0.717, 1.165) is 17.4 Å². The van der Waals surface area contributed by atoms with Gasteiger partial charge in [-0.25, -0.2) is 9.37 Å². The second kappa shape index (κ2) is 8.92. The summed E-state index contributed by atoms with van der Waals surface area (Å²) in [5.74, 6) is -1.93. The number of hydrogen-bond donors (Lipinski definition) is 1. The highest BCUT2D eigenvalue weighted by molar-refractivity contribution is 7.14. The fraction of sp³-hybridized carbons (Fsp3) is 0.368. The molecule has 2 heterocycles. The van der Waals surface area contributed by atoms with E-state index in [2.05, 4.69) is 10.3 Å². The summed E-state index contributed by atoms with van der Waals surface area (Å²) in [6.45, 7) is 2.89. The Bertz CT molecular complexity index is 886. The number of hydrogen-bond acceptors (Lipinski definition) is 6. The predicted molar refractivity (Wildman–Crippen MR) is 102 cm³/mol. The third kappa shape index (κ3) is 4.72. The maximum atomic E-state index is 13.2. The summed E-state index contributed by atoms with van der Waals surface area (Å²) in [5.41, 5.74) is 0.362. The van der Waals surface area contributed by atoms with Crippen LogP contribution >= 0.6 is 11.3 Å². The number of nitrogens with one attached hydrogen (secondary N) is 1. The van der Waals surface area contributed by atoms with Crippen LogP contribution in [-0.2, 0) is 9.53 Å². The van der Waals surface area contributed by atoms with Gasteiger partial charge in [-0.3, -0.25) is 19.7 Å². The molecule has 3 rings (SSSR count). The zero-order valence-corrected chi connectivity index (χ0v) is 16.1. The van der Waals surface area contributed by atoms with Gasteiger partial charge in [0.05, 0.1) is 12.5 Å². The summed E-state index contributed by atoms with van der Waals surface area (Å²) in [6.07, 6.45) is 1.40. The Morgan fingerprint density at radius 2 is 2.21 bits per heavy atom. The van der Waals surface area contributed by atoms with Crippen LogP contribution in [0.3, 0.4) is 0 Å². The molecule has 28 heavy (non-hydrogen) atoms. The van der Waals surface area contributed by atoms with E-state index in [-0.39, 0.29) is 34.2 Å². The molecular formula is C19H20FN3O4S. The van der Waals surface area contributed by atoms with E-state index in [1.54, 1.807) is 17.2 Å². The van der Waals surface area contributed by atoms with Crippen molar-refractivity contribution in [1.82, 2.24) is 9.88 Å². The van der Waals surface area contributed by atoms with Crippen molar-refractivity contribution >= 4 is 34.3 Å². The van der Waals surface area contributed by atoms with Crippen molar-refractivity contribution in [3.05, 3.63) is 46.7 Å². The van der Waals surface area contributed by atoms with Gasteiger partial charge < -0.3 is 9.64 Å². The van der Waals surface area contributed by atoms with Crippen LogP contribution in [0.1, 0.15) is 40.6 Å². The Kier molecular flexibility index (Phi) is 6.35. The fourth-order valence-corrected chi connectivity index (χ4v) is 3.68. The Labute approximate surface area is 165 Å². The van der Waals surface area contributed by atoms with Crippen LogP contribution in [0.15, 0.2) is 29.6 Å². The van der Waals surface area contributed by atoms with E-state index >= 15 is 0 Å². The first kappa shape index (κ1) is 19.9. The Balaban J connectivity index is 1.63. The monoisotopic (exact) mass is 405 g/mol. The van der Waals surface area contributed by atoms with Crippen molar-refractivity contribution in [2.24, 2.45) is 5.92 Å². The third-order valence-corrected chi connectivity index (χ3v) is 5.12. The number of halogens is 1. The molecule has 2 amide bonds. The molecule has 0 spiro atoms. The van der Waals surface area contributed by atoms with Crippen molar-refractivity contribution < 1.29 is 23.5 Å². The highest BCUT2D eigenvalue weighted by Crippen LogP contribution is 2.22. The number of amides is 2. The molecule has 1 aromatic carbocycles. The van der Waals surface area contributed by atoms with Gasteiger partial charge in [0.15, 0.2) is 5.13 Å². The van der Waals surface area contributed by atoms with Gasteiger partial charge in [-0.2, -0.15) is 0 Å². The number of esters is 1. The Morgan fingerprint density at radius 3 is 2.96 bits per heavy atom. The molecule has 0 bridgehead atoms. The van der Waals surface area contributed by atoms with Crippen LogP contribution in [-0.4, -0.2) is 47.4 Å². The summed E-state index contributed by atoms with van der Waals surface area (Å²) in [5, 5.41) is 4.36. The highest BCUT2D eigenvalue weighted by atomic mass is 32.1. The Hall–Kier alpha value is -2.81. The quantitative estimate of drug-likeness (QED) is 0.773. The van der Waals surface area contributed by atoms with Crippen molar-refractivity contribution in [2.75, 3.05) is 25.0 Å². The maximum Gasteiger partial charge on any atom is 0.310 e. The molecular weight excluding hydrogens is 385 g/mol. The number of aromatic nitrogens is 1. The minimum absolute atomic E-state index is 0.163. The second-order valence-corrected chi connectivity index (χ2v) is 7.20. The fourth-order valence-electron chi connectivity index (χ4n) is 3.00. The topological polar surface area (TPSA) is 88.6 Å². The molecule has 148 valence electrons. The normalized spacial score (nSPS) is 16.5. The standard InChI is InChI=1S/C19H20FN3O4S/c1-2-27-18(26)13-6-4-8-23(10-13)17(25)15-11-28-19(21-15)22-16(24)12-5-3-7-14(20)9-12/h3,5,7,9,11,13H,2,4,6,8,10H2,1H3,(H,21,22,24). The number of thiazole rings is 1. The third-order valence-electron chi connectivity index (χ3n) is 4.36. The molecule has 0 aliphatic carbocycles. The van der Waals surface area contributed by atoms with Crippen LogP contribution in [0.2, 0.25) is 0 Å². The summed E-state index contributed by atoms with van der Waals surface area (Å²) >= 11 is 1.11. The van der Waals surface area contributed by atoms with E-state index < -0.39 is 11.7 Å². The zero-order valence-electron chi connectivity index (χ0n) is 15.3. The first-order valence-corrected chi connectivity index (χ1v) is 9.84. The van der Waals surface area contributed by atoms with Gasteiger partial charge in [-0.1, -0.05) is 6.07 Å². The number of likely N-dealkylation sites (tertiary alicyclic amines) is 1. The molecule has 1 N–H and O–H groups in total. The lowest BCUT2D eigenvalue weighted by Crippen LogP contribution is -2.43. The average Bonchev–Trinajstić information content (AvgIpc) is 3.16. The van der Waals surface area contributed by atoms with Crippen LogP contribution in [0.4, 0.5) is 9.52 Å². The summed E-state index contributed by atoms with van der Waals surface area (Å²) < 4.78 is 18.3. The van der Waals surface area contributed by atoms with Crippen molar-refractivity contribution in [3.63, 3.8) is 0 Å². The molecule has 9 heteroatoms. The molecule has 0 saturated carbocycles. The minimum Gasteiger partial charge on any atom is -0.466 e. The van der Waals surface area contributed by atoms with Crippen molar-refractivity contribution in [3.8, 4) is 0 Å². The van der Waals surface area contributed by atoms with Crippen LogP contribution in [0, 0.1) is 11.7 Å². The van der Waals surface area contributed by atoms with E-state index in [1.807, 2.05) is 0 Å². The van der Waals surface area contributed by atoms with Crippen molar-refractivity contribution in [2.45, 2.75) is 19.8 Å². The number of nitrogens with zero attached hydrogens (tertiary/aromatic N) is 2. The summed E-state index contributed by atoms with van der Waals surface area (Å²) in [6, 6.07) is 5.30. The zero-order chi connectivity index (χ0) is 20.1. The van der Waals surface area contributed by atoms with Crippen LogP contribution in [0.5, 0.6) is 0 Å². The van der Waals surface area contributed by atoms with Crippen LogP contribution < -0.4 is 5.32 Å². The molecule has 1 saturated heterocycles. The van der Waals surface area contributed by atoms with E-state index in [1.165, 1.54) is 18.2 Å². The highest BCUT2D eigenvalue weighted by Gasteiger charge is 2.30. The number of rotatable bonds is 5. The molecule has 1 fully saturated rings. The molecule has 7 nitrogen and oxygen atoms in total. The van der Waals surface area contributed by atoms with E-state index in [0.29, 0.717) is 32.5 Å². The lowest BCUT2D eigenvalue weighted by Gasteiger charge is -2.31. The smallest absolute Gasteiger partial charge is 0.310 e. The first-order valence-electron chi connectivity index (χ1n) is 8.96. The largest absolute Gasteiger partial charge is 0.466 e. The number of anilines is 1. The van der Waals surface area contributed by atoms with Crippen LogP contribution in [0.25, 0.3) is 0 Å². The Morgan fingerprint density at radius 1 is 1.39 bits per heavy atom. The van der Waals surface area contributed by atoms with Gasteiger partial charge in [0.1, 0.15) is 11.5 Å². The van der Waals surface area contributed by atoms with E-state index in [4.69, 9.17) is 4.74 Å². The molecule has 0 radical (unpaired) electrons. The molecule has 1 aliphatic rings. The average molecular weight is 405 g/mol. The number of benzene rings is 1. The molecule has 1 unspecified atom stereocenters. The van der Waals surface area contributed by atoms with Gasteiger partial charge in [-0.15, -0.1) is 11.3 Å². The second-order valence-electron chi connectivity index (χ2n) is 6.34. The summed E-state index contributed by atoms with van der Waals surface area (Å²) in [7, 11) is 0. The van der Waals surface area contributed by atoms with Gasteiger partial charge in [-0.05, 0) is 38.0 Å². The number of carbonyl (C=O) groups excluding carboxylic acids is 3. The predicted octanol–water partition coefficient (Wildman–Crippen LogP) is 2.95. The number of carbonyl (C=O) groups is 3. The van der Waals surface area contributed by atoms with E-state index in [9.17, 15) is 18.8 Å². The molecule has 1 aliphatic heterocycles. The minimum atomic E-state index is -0.510. The lowest BCUT2D eigenvalue weighted by atomic mass is 9.98. The molecule has 1 atom stereocenters. The van der Waals surface area contributed by atoms with Gasteiger partial charge in [0, 0.05) is 24.0 Å². The SMILES string of the molecule is CCOC(=O)C1CCCN(C(=O)c2csc(NC(=O)c3cccc(F)c3)n2)C1. The van der Waals surface area contributed by atoms with Crippen molar-refractivity contribution in [1.29, 1.82) is 0 Å². The maximum absolute atomic E-state index is 13.2. The lowest BCUT2D eigenvalue weighted by molar-refractivity contribution is -0.149.